The third-order valence-corrected chi connectivity index (χ3v) is 3.49. The molecule has 0 saturated heterocycles. The molecule has 0 heterocycles. The van der Waals surface area contributed by atoms with E-state index in [0.717, 1.165) is 11.1 Å². The topological polar surface area (TPSA) is 45.7 Å². The summed E-state index contributed by atoms with van der Waals surface area (Å²) in [6.07, 6.45) is -0.890. The molecule has 8 heteroatoms. The molecule has 0 aliphatic carbocycles. The highest BCUT2D eigenvalue weighted by Gasteiger charge is 2.33. The lowest BCUT2D eigenvalue weighted by molar-refractivity contribution is 0.397. The van der Waals surface area contributed by atoms with Crippen molar-refractivity contribution in [2.75, 3.05) is 14.2 Å². The van der Waals surface area contributed by atoms with Crippen LogP contribution in [-0.2, 0) is 4.74 Å². The van der Waals surface area contributed by atoms with Gasteiger partial charge in [0.2, 0.25) is 9.69 Å². The quantitative estimate of drug-likeness (QED) is 0.372. The first-order valence-corrected chi connectivity index (χ1v) is 7.56. The summed E-state index contributed by atoms with van der Waals surface area (Å²) in [6.45, 7) is 1.99. The van der Waals surface area contributed by atoms with Gasteiger partial charge in [0, 0.05) is 12.6 Å². The van der Waals surface area contributed by atoms with Gasteiger partial charge in [0.15, 0.2) is 11.3 Å². The van der Waals surface area contributed by atoms with Gasteiger partial charge in [-0.05, 0) is 31.3 Å². The minimum Gasteiger partial charge on any atom is -0.481 e. The maximum Gasteiger partial charge on any atom is 0.230 e. The van der Waals surface area contributed by atoms with E-state index in [-0.39, 0.29) is 0 Å². The van der Waals surface area contributed by atoms with E-state index in [4.69, 9.17) is 51.8 Å². The number of benzene rings is 1. The fourth-order valence-corrected chi connectivity index (χ4v) is 1.86. The van der Waals surface area contributed by atoms with Gasteiger partial charge < -0.3 is 15.4 Å². The number of hydrogen-bond donors (Lipinski definition) is 2. The van der Waals surface area contributed by atoms with Crippen molar-refractivity contribution in [3.63, 3.8) is 0 Å². The number of halogens is 3. The molecule has 0 spiro atoms. The van der Waals surface area contributed by atoms with Crippen LogP contribution in [0.3, 0.4) is 0 Å². The fourth-order valence-electron chi connectivity index (χ4n) is 1.44. The van der Waals surface area contributed by atoms with E-state index in [1.165, 1.54) is 7.11 Å². The molecule has 116 valence electrons. The van der Waals surface area contributed by atoms with Crippen molar-refractivity contribution in [3.05, 3.63) is 35.4 Å². The molecule has 1 rings (SSSR count). The maximum atomic E-state index is 5.93. The molecule has 0 aromatic heterocycles. The molecule has 0 fully saturated rings. The van der Waals surface area contributed by atoms with Crippen molar-refractivity contribution in [1.82, 2.24) is 10.6 Å². The van der Waals surface area contributed by atoms with Crippen LogP contribution in [-0.4, -0.2) is 35.1 Å². The lowest BCUT2D eigenvalue weighted by Gasteiger charge is -2.23. The van der Waals surface area contributed by atoms with Gasteiger partial charge in [-0.2, -0.15) is 0 Å². The number of aliphatic imine (C=N–C) groups is 1. The molecule has 0 radical (unpaired) electrons. The number of nitrogens with one attached hydrogen (secondary N) is 2. The van der Waals surface area contributed by atoms with Gasteiger partial charge >= 0.3 is 0 Å². The van der Waals surface area contributed by atoms with Crippen molar-refractivity contribution < 1.29 is 4.74 Å². The monoisotopic (exact) mass is 367 g/mol. The number of hydrogen-bond acceptors (Lipinski definition) is 3. The molecule has 4 nitrogen and oxygen atoms in total. The Morgan fingerprint density at radius 3 is 2.29 bits per heavy atom. The van der Waals surface area contributed by atoms with Crippen LogP contribution >= 0.6 is 47.0 Å². The first-order chi connectivity index (χ1) is 9.77. The molecule has 1 unspecified atom stereocenters. The number of nitrogens with zero attached hydrogens (tertiary/aromatic N) is 1. The Labute approximate surface area is 144 Å². The van der Waals surface area contributed by atoms with Crippen molar-refractivity contribution >= 4 is 58.0 Å². The van der Waals surface area contributed by atoms with Crippen molar-refractivity contribution in [2.45, 2.75) is 16.9 Å². The van der Waals surface area contributed by atoms with Crippen LogP contribution in [0.2, 0.25) is 0 Å². The zero-order valence-corrected chi connectivity index (χ0v) is 14.9. The Morgan fingerprint density at radius 1 is 1.29 bits per heavy atom. The van der Waals surface area contributed by atoms with E-state index in [1.807, 2.05) is 31.2 Å². The minimum absolute atomic E-state index is 0.314. The zero-order valence-electron chi connectivity index (χ0n) is 11.8. The summed E-state index contributed by atoms with van der Waals surface area (Å²) in [6, 6.07) is 7.65. The predicted octanol–water partition coefficient (Wildman–Crippen LogP) is 3.18. The van der Waals surface area contributed by atoms with Gasteiger partial charge in [0.05, 0.1) is 7.11 Å². The molecule has 0 saturated carbocycles. The molecule has 21 heavy (non-hydrogen) atoms. The zero-order chi connectivity index (χ0) is 16.0. The highest BCUT2D eigenvalue weighted by atomic mass is 35.6. The van der Waals surface area contributed by atoms with Crippen LogP contribution in [0.15, 0.2) is 29.3 Å². The van der Waals surface area contributed by atoms with Gasteiger partial charge in [-0.15, -0.1) is 0 Å². The second kappa shape index (κ2) is 8.03. The normalized spacial score (nSPS) is 13.5. The highest BCUT2D eigenvalue weighted by Crippen LogP contribution is 2.31. The maximum absolute atomic E-state index is 5.93. The van der Waals surface area contributed by atoms with Crippen LogP contribution in [0, 0.1) is 6.92 Å². The lowest BCUT2D eigenvalue weighted by Crippen LogP contribution is -2.46. The Bertz CT molecular complexity index is 514. The Morgan fingerprint density at radius 2 is 1.86 bits per heavy atom. The van der Waals surface area contributed by atoms with E-state index in [1.54, 1.807) is 7.05 Å². The van der Waals surface area contributed by atoms with Gasteiger partial charge in [0.25, 0.3) is 0 Å². The molecule has 0 aliphatic heterocycles. The Kier molecular flexibility index (Phi) is 7.00. The lowest BCUT2D eigenvalue weighted by atomic mass is 10.1. The second-order valence-corrected chi connectivity index (χ2v) is 6.95. The number of ether oxygens (including phenoxy) is 1. The Balaban J connectivity index is 3.10. The summed E-state index contributed by atoms with van der Waals surface area (Å²) in [5, 5.41) is 5.86. The molecule has 0 aliphatic rings. The van der Waals surface area contributed by atoms with Crippen LogP contribution in [0.4, 0.5) is 0 Å². The standard InChI is InChI=1S/C13H16Cl3N3OS/c1-8-4-6-9(7-5-8)10(20-3)18-11(13(14,15)16)19-12(21)17-2/h4-7,11H,1-3H3,(H2,17,19,21)/b18-10+. The number of methoxy groups -OCH3 is 1. The second-order valence-electron chi connectivity index (χ2n) is 4.17. The van der Waals surface area contributed by atoms with E-state index < -0.39 is 9.96 Å². The number of aryl methyl sites for hydroxylation is 1. The van der Waals surface area contributed by atoms with Gasteiger partial charge in [-0.1, -0.05) is 52.5 Å². The average Bonchev–Trinajstić information content (AvgIpc) is 2.43. The predicted molar refractivity (Wildman–Crippen MR) is 93.6 cm³/mol. The molecule has 1 atom stereocenters. The summed E-state index contributed by atoms with van der Waals surface area (Å²) in [5.41, 5.74) is 1.90. The molecule has 0 bridgehead atoms. The van der Waals surface area contributed by atoms with E-state index in [9.17, 15) is 0 Å². The van der Waals surface area contributed by atoms with E-state index in [2.05, 4.69) is 15.6 Å². The highest BCUT2D eigenvalue weighted by molar-refractivity contribution is 7.80. The summed E-state index contributed by atoms with van der Waals surface area (Å²) < 4.78 is 3.60. The van der Waals surface area contributed by atoms with Crippen molar-refractivity contribution in [2.24, 2.45) is 4.99 Å². The summed E-state index contributed by atoms with van der Waals surface area (Å²) in [5.74, 6) is 0.345. The van der Waals surface area contributed by atoms with Crippen molar-refractivity contribution in [1.29, 1.82) is 0 Å². The molecule has 1 aromatic carbocycles. The van der Waals surface area contributed by atoms with Gasteiger partial charge in [-0.3, -0.25) is 0 Å². The summed E-state index contributed by atoms with van der Waals surface area (Å²) in [7, 11) is 3.16. The Hall–Kier alpha value is -0.750. The van der Waals surface area contributed by atoms with Crippen molar-refractivity contribution in [3.8, 4) is 0 Å². The summed E-state index contributed by atoms with van der Waals surface area (Å²) >= 11 is 22.8. The molecular weight excluding hydrogens is 353 g/mol. The fraction of sp³-hybridized carbons (Fsp3) is 0.385. The van der Waals surface area contributed by atoms with Crippen LogP contribution in [0.1, 0.15) is 11.1 Å². The van der Waals surface area contributed by atoms with E-state index >= 15 is 0 Å². The van der Waals surface area contributed by atoms with Crippen LogP contribution in [0.5, 0.6) is 0 Å². The number of alkyl halides is 3. The van der Waals surface area contributed by atoms with Crippen LogP contribution < -0.4 is 10.6 Å². The minimum atomic E-state index is -1.69. The first kappa shape index (κ1) is 18.3. The average molecular weight is 369 g/mol. The molecule has 1 aromatic rings. The molecular formula is C13H16Cl3N3OS. The number of thiocarbonyl (C=S) groups is 1. The third-order valence-electron chi connectivity index (χ3n) is 2.54. The number of rotatable bonds is 3. The molecule has 2 N–H and O–H groups in total. The SMILES string of the molecule is CNC(=S)NC(/N=C(/OC)c1ccc(C)cc1)C(Cl)(Cl)Cl. The largest absolute Gasteiger partial charge is 0.481 e. The van der Waals surface area contributed by atoms with Gasteiger partial charge in [-0.25, -0.2) is 4.99 Å². The van der Waals surface area contributed by atoms with Gasteiger partial charge in [0.1, 0.15) is 0 Å². The first-order valence-electron chi connectivity index (χ1n) is 6.01. The third kappa shape index (κ3) is 5.87. The van der Waals surface area contributed by atoms with Crippen LogP contribution in [0.25, 0.3) is 0 Å². The molecule has 0 amide bonds. The summed E-state index contributed by atoms with van der Waals surface area (Å²) in [4.78, 5) is 4.31. The van der Waals surface area contributed by atoms with E-state index in [0.29, 0.717) is 11.0 Å². The smallest absolute Gasteiger partial charge is 0.230 e.